The zero-order valence-electron chi connectivity index (χ0n) is 15.9. The number of rotatable bonds is 6. The van der Waals surface area contributed by atoms with Crippen molar-refractivity contribution >= 4 is 6.08 Å². The van der Waals surface area contributed by atoms with Crippen LogP contribution in [0, 0.1) is 11.8 Å². The smallest absolute Gasteiger partial charge is 0.270 e. The summed E-state index contributed by atoms with van der Waals surface area (Å²) in [7, 11) is 0. The number of hydrogen-bond acceptors (Lipinski definition) is 1. The molecule has 26 heavy (non-hydrogen) atoms. The molecule has 2 aliphatic carbocycles. The predicted octanol–water partition coefficient (Wildman–Crippen LogP) is 7.18. The van der Waals surface area contributed by atoms with E-state index in [0.717, 1.165) is 30.9 Å². The average molecular weight is 363 g/mol. The number of ether oxygens (including phenoxy) is 1. The maximum Gasteiger partial charge on any atom is 0.270 e. The van der Waals surface area contributed by atoms with Gasteiger partial charge in [-0.05, 0) is 86.7 Å². The van der Waals surface area contributed by atoms with Gasteiger partial charge in [-0.25, -0.2) is 0 Å². The fourth-order valence-electron chi connectivity index (χ4n) is 4.93. The molecule has 0 N–H and O–H groups in total. The van der Waals surface area contributed by atoms with Crippen molar-refractivity contribution in [2.24, 2.45) is 11.8 Å². The van der Waals surface area contributed by atoms with E-state index in [-0.39, 0.29) is 0 Å². The standard InChI is InChI=1S/C23H32F2O/c1-2-15-26-22-13-11-21(12-14-22)20-9-7-19(8-10-20)18-5-3-17(4-6-18)16-23(24)25/h3-6,16,19-22H,2,7-15H2,1H3/t19-,20-,21-,22-. The van der Waals surface area contributed by atoms with Gasteiger partial charge in [0.2, 0.25) is 0 Å². The van der Waals surface area contributed by atoms with Crippen LogP contribution in [0.3, 0.4) is 0 Å². The van der Waals surface area contributed by atoms with Crippen LogP contribution >= 0.6 is 0 Å². The summed E-state index contributed by atoms with van der Waals surface area (Å²) in [5.74, 6) is 2.36. The fraction of sp³-hybridized carbons (Fsp3) is 0.652. The summed E-state index contributed by atoms with van der Waals surface area (Å²) in [4.78, 5) is 0. The molecule has 1 aromatic rings. The molecule has 0 heterocycles. The highest BCUT2D eigenvalue weighted by atomic mass is 19.3. The lowest BCUT2D eigenvalue weighted by atomic mass is 9.69. The minimum Gasteiger partial charge on any atom is -0.378 e. The van der Waals surface area contributed by atoms with Gasteiger partial charge in [-0.15, -0.1) is 0 Å². The van der Waals surface area contributed by atoms with Crippen molar-refractivity contribution in [3.8, 4) is 0 Å². The Balaban J connectivity index is 1.45. The Morgan fingerprint density at radius 2 is 1.50 bits per heavy atom. The molecular weight excluding hydrogens is 330 g/mol. The maximum atomic E-state index is 12.3. The van der Waals surface area contributed by atoms with Crippen LogP contribution in [0.2, 0.25) is 0 Å². The normalized spacial score (nSPS) is 29.3. The monoisotopic (exact) mass is 362 g/mol. The quantitative estimate of drug-likeness (QED) is 0.520. The molecule has 3 heteroatoms. The molecule has 0 aromatic heterocycles. The first-order valence-corrected chi connectivity index (χ1v) is 10.4. The first-order valence-electron chi connectivity index (χ1n) is 10.4. The van der Waals surface area contributed by atoms with E-state index in [1.807, 2.05) is 24.3 Å². The molecule has 0 amide bonds. The molecule has 1 nitrogen and oxygen atoms in total. The summed E-state index contributed by atoms with van der Waals surface area (Å²) >= 11 is 0. The fourth-order valence-corrected chi connectivity index (χ4v) is 4.93. The highest BCUT2D eigenvalue weighted by Crippen LogP contribution is 2.43. The third-order valence-electron chi connectivity index (χ3n) is 6.40. The summed E-state index contributed by atoms with van der Waals surface area (Å²) in [5.41, 5.74) is 1.90. The molecule has 144 valence electrons. The van der Waals surface area contributed by atoms with E-state index in [1.54, 1.807) is 0 Å². The molecule has 0 radical (unpaired) electrons. The van der Waals surface area contributed by atoms with Crippen molar-refractivity contribution in [3.05, 3.63) is 41.5 Å². The molecule has 1 aromatic carbocycles. The maximum absolute atomic E-state index is 12.3. The average Bonchev–Trinajstić information content (AvgIpc) is 2.67. The van der Waals surface area contributed by atoms with Crippen LogP contribution < -0.4 is 0 Å². The van der Waals surface area contributed by atoms with E-state index in [4.69, 9.17) is 4.74 Å². The van der Waals surface area contributed by atoms with E-state index in [2.05, 4.69) is 6.92 Å². The molecule has 2 saturated carbocycles. The zero-order valence-corrected chi connectivity index (χ0v) is 15.9. The lowest BCUT2D eigenvalue weighted by Crippen LogP contribution is -2.28. The number of halogens is 2. The van der Waals surface area contributed by atoms with Gasteiger partial charge in [0.25, 0.3) is 6.08 Å². The predicted molar refractivity (Wildman–Crippen MR) is 103 cm³/mol. The summed E-state index contributed by atoms with van der Waals surface area (Å²) in [6, 6.07) is 7.71. The van der Waals surface area contributed by atoms with Gasteiger partial charge in [-0.2, -0.15) is 8.78 Å². The molecule has 0 bridgehead atoms. The van der Waals surface area contributed by atoms with Gasteiger partial charge in [0, 0.05) is 12.7 Å². The number of benzene rings is 1. The second-order valence-electron chi connectivity index (χ2n) is 8.12. The van der Waals surface area contributed by atoms with Gasteiger partial charge in [-0.1, -0.05) is 31.2 Å². The molecular formula is C23H32F2O. The SMILES string of the molecule is CCCO[C@H]1CC[C@H]([C@H]2CC[C@H](c3ccc(C=C(F)F)cc3)CC2)CC1. The molecule has 0 unspecified atom stereocenters. The first kappa shape index (κ1) is 19.5. The third-order valence-corrected chi connectivity index (χ3v) is 6.40. The summed E-state index contributed by atoms with van der Waals surface area (Å²) in [6.07, 6.45) is 11.2. The molecule has 0 saturated heterocycles. The largest absolute Gasteiger partial charge is 0.378 e. The Hall–Kier alpha value is -1.22. The van der Waals surface area contributed by atoms with Crippen LogP contribution in [-0.2, 0) is 4.74 Å². The van der Waals surface area contributed by atoms with Crippen LogP contribution in [0.15, 0.2) is 30.3 Å². The third kappa shape index (κ3) is 5.39. The van der Waals surface area contributed by atoms with Gasteiger partial charge in [0.05, 0.1) is 6.10 Å². The minimum absolute atomic E-state index is 0.504. The topological polar surface area (TPSA) is 9.23 Å². The molecule has 0 aliphatic heterocycles. The number of hydrogen-bond donors (Lipinski definition) is 0. The second kappa shape index (κ2) is 9.64. The van der Waals surface area contributed by atoms with E-state index in [1.165, 1.54) is 56.9 Å². The summed E-state index contributed by atoms with van der Waals surface area (Å²) in [6.45, 7) is 3.08. The summed E-state index contributed by atoms with van der Waals surface area (Å²) < 4.78 is 30.6. The van der Waals surface area contributed by atoms with Crippen LogP contribution in [-0.4, -0.2) is 12.7 Å². The van der Waals surface area contributed by atoms with Gasteiger partial charge < -0.3 is 4.74 Å². The minimum atomic E-state index is -1.63. The first-order chi connectivity index (χ1) is 12.7. The van der Waals surface area contributed by atoms with Gasteiger partial charge >= 0.3 is 0 Å². The van der Waals surface area contributed by atoms with Crippen molar-refractivity contribution in [2.45, 2.75) is 76.7 Å². The van der Waals surface area contributed by atoms with E-state index < -0.39 is 6.08 Å². The Morgan fingerprint density at radius 3 is 2.04 bits per heavy atom. The molecule has 0 spiro atoms. The molecule has 2 fully saturated rings. The Bertz CT molecular complexity index is 560. The second-order valence-corrected chi connectivity index (χ2v) is 8.12. The van der Waals surface area contributed by atoms with Crippen LogP contribution in [0.5, 0.6) is 0 Å². The van der Waals surface area contributed by atoms with E-state index in [9.17, 15) is 8.78 Å². The van der Waals surface area contributed by atoms with Crippen LogP contribution in [0.1, 0.15) is 81.8 Å². The lowest BCUT2D eigenvalue weighted by molar-refractivity contribution is 0.00827. The van der Waals surface area contributed by atoms with Crippen molar-refractivity contribution in [1.82, 2.24) is 0 Å². The molecule has 0 atom stereocenters. The zero-order chi connectivity index (χ0) is 18.4. The summed E-state index contributed by atoms with van der Waals surface area (Å²) in [5, 5.41) is 0. The van der Waals surface area contributed by atoms with Crippen molar-refractivity contribution < 1.29 is 13.5 Å². The molecule has 2 aliphatic rings. The van der Waals surface area contributed by atoms with E-state index >= 15 is 0 Å². The van der Waals surface area contributed by atoms with Gasteiger partial charge in [-0.3, -0.25) is 0 Å². The highest BCUT2D eigenvalue weighted by molar-refractivity contribution is 5.50. The van der Waals surface area contributed by atoms with Crippen molar-refractivity contribution in [3.63, 3.8) is 0 Å². The Morgan fingerprint density at radius 1 is 0.923 bits per heavy atom. The van der Waals surface area contributed by atoms with Crippen LogP contribution in [0.4, 0.5) is 8.78 Å². The Kier molecular flexibility index (Phi) is 7.24. The molecule has 3 rings (SSSR count). The van der Waals surface area contributed by atoms with Crippen molar-refractivity contribution in [2.75, 3.05) is 6.61 Å². The van der Waals surface area contributed by atoms with Crippen molar-refractivity contribution in [1.29, 1.82) is 0 Å². The lowest BCUT2D eigenvalue weighted by Gasteiger charge is -2.38. The van der Waals surface area contributed by atoms with E-state index in [0.29, 0.717) is 17.6 Å². The Labute approximate surface area is 156 Å². The highest BCUT2D eigenvalue weighted by Gasteiger charge is 2.31. The van der Waals surface area contributed by atoms with Gasteiger partial charge in [0.15, 0.2) is 0 Å². The van der Waals surface area contributed by atoms with Crippen LogP contribution in [0.25, 0.3) is 6.08 Å². The van der Waals surface area contributed by atoms with Gasteiger partial charge in [0.1, 0.15) is 0 Å².